The molecular weight excluding hydrogens is 305 g/mol. The van der Waals surface area contributed by atoms with Gasteiger partial charge in [-0.25, -0.2) is 4.98 Å². The number of nitrogens with zero attached hydrogens (tertiary/aromatic N) is 1. The van der Waals surface area contributed by atoms with E-state index in [-0.39, 0.29) is 11.4 Å². The highest BCUT2D eigenvalue weighted by molar-refractivity contribution is 7.09. The summed E-state index contributed by atoms with van der Waals surface area (Å²) in [7, 11) is 0. The Bertz CT molecular complexity index is 600. The van der Waals surface area contributed by atoms with Crippen LogP contribution >= 0.6 is 11.3 Å². The first-order chi connectivity index (χ1) is 9.96. The number of pyridine rings is 1. The Kier molecular flexibility index (Phi) is 4.79. The molecule has 2 aromatic heterocycles. The lowest BCUT2D eigenvalue weighted by atomic mass is 10.2. The van der Waals surface area contributed by atoms with E-state index in [1.165, 1.54) is 29.7 Å². The molecule has 2 heterocycles. The van der Waals surface area contributed by atoms with E-state index in [0.717, 1.165) is 4.88 Å². The number of carbonyl (C=O) groups is 1. The highest BCUT2D eigenvalue weighted by Crippen LogP contribution is 2.20. The predicted molar refractivity (Wildman–Crippen MR) is 71.3 cm³/mol. The molecule has 0 spiro atoms. The van der Waals surface area contributed by atoms with Crippen molar-refractivity contribution in [1.29, 1.82) is 0 Å². The fourth-order valence-corrected chi connectivity index (χ4v) is 2.15. The van der Waals surface area contributed by atoms with E-state index in [4.69, 9.17) is 0 Å². The van der Waals surface area contributed by atoms with Crippen molar-refractivity contribution in [3.05, 3.63) is 46.3 Å². The molecule has 0 saturated carbocycles. The van der Waals surface area contributed by atoms with Gasteiger partial charge in [0.1, 0.15) is 5.56 Å². The van der Waals surface area contributed by atoms with Gasteiger partial charge in [-0.15, -0.1) is 11.3 Å². The third-order valence-corrected chi connectivity index (χ3v) is 3.27. The second-order valence-corrected chi connectivity index (χ2v) is 5.05. The smallest absolute Gasteiger partial charge is 0.422 e. The normalized spacial score (nSPS) is 11.2. The van der Waals surface area contributed by atoms with Crippen LogP contribution in [0.4, 0.5) is 13.2 Å². The molecule has 1 amide bonds. The van der Waals surface area contributed by atoms with Crippen molar-refractivity contribution >= 4 is 17.2 Å². The monoisotopic (exact) mass is 316 g/mol. The number of alkyl halides is 3. The van der Waals surface area contributed by atoms with Gasteiger partial charge in [0.25, 0.3) is 5.91 Å². The largest absolute Gasteiger partial charge is 0.467 e. The SMILES string of the molecule is O=C(NCc1cccs1)c1cccnc1OCC(F)(F)F. The van der Waals surface area contributed by atoms with Crippen LogP contribution in [-0.2, 0) is 6.54 Å². The Morgan fingerprint density at radius 3 is 2.81 bits per heavy atom. The number of hydrogen-bond donors (Lipinski definition) is 1. The van der Waals surface area contributed by atoms with Crippen molar-refractivity contribution in [1.82, 2.24) is 10.3 Å². The Morgan fingerprint density at radius 1 is 1.33 bits per heavy atom. The van der Waals surface area contributed by atoms with Crippen LogP contribution in [0, 0.1) is 0 Å². The fraction of sp³-hybridized carbons (Fsp3) is 0.231. The maximum Gasteiger partial charge on any atom is 0.422 e. The lowest BCUT2D eigenvalue weighted by Gasteiger charge is -2.11. The standard InChI is InChI=1S/C13H11F3N2O2S/c14-13(15,16)8-20-12-10(4-1-5-17-12)11(19)18-7-9-3-2-6-21-9/h1-6H,7-8H2,(H,18,19). The molecule has 0 fully saturated rings. The minimum absolute atomic E-state index is 0.0293. The number of thiophene rings is 1. The van der Waals surface area contributed by atoms with Crippen molar-refractivity contribution in [2.75, 3.05) is 6.61 Å². The molecule has 0 aromatic carbocycles. The van der Waals surface area contributed by atoms with Gasteiger partial charge in [-0.05, 0) is 23.6 Å². The van der Waals surface area contributed by atoms with Gasteiger partial charge in [0, 0.05) is 11.1 Å². The van der Waals surface area contributed by atoms with E-state index >= 15 is 0 Å². The molecule has 0 unspecified atom stereocenters. The Morgan fingerprint density at radius 2 is 2.14 bits per heavy atom. The van der Waals surface area contributed by atoms with E-state index in [1.807, 2.05) is 17.5 Å². The number of halogens is 3. The molecule has 8 heteroatoms. The minimum atomic E-state index is -4.48. The molecule has 0 aliphatic heterocycles. The molecule has 1 N–H and O–H groups in total. The zero-order valence-corrected chi connectivity index (χ0v) is 11.5. The number of rotatable bonds is 5. The second kappa shape index (κ2) is 6.57. The first-order valence-corrected chi connectivity index (χ1v) is 6.79. The highest BCUT2D eigenvalue weighted by atomic mass is 32.1. The Labute approximate surface area is 122 Å². The molecule has 0 aliphatic rings. The van der Waals surface area contributed by atoms with Crippen LogP contribution in [0.2, 0.25) is 0 Å². The average Bonchev–Trinajstić information content (AvgIpc) is 2.95. The van der Waals surface area contributed by atoms with Crippen LogP contribution < -0.4 is 10.1 Å². The van der Waals surface area contributed by atoms with Crippen molar-refractivity contribution in [2.24, 2.45) is 0 Å². The summed E-state index contributed by atoms with van der Waals surface area (Å²) in [5.41, 5.74) is -0.0293. The molecule has 2 aromatic rings. The summed E-state index contributed by atoms with van der Waals surface area (Å²) in [6.07, 6.45) is -3.22. The molecule has 0 atom stereocenters. The summed E-state index contributed by atoms with van der Waals surface area (Å²) >= 11 is 1.47. The molecule has 0 radical (unpaired) electrons. The van der Waals surface area contributed by atoms with Crippen LogP contribution in [0.1, 0.15) is 15.2 Å². The predicted octanol–water partition coefficient (Wildman–Crippen LogP) is 3.01. The summed E-state index contributed by atoms with van der Waals surface area (Å²) in [6, 6.07) is 6.51. The first kappa shape index (κ1) is 15.3. The number of ether oxygens (including phenoxy) is 1. The lowest BCUT2D eigenvalue weighted by molar-refractivity contribution is -0.154. The van der Waals surface area contributed by atoms with Crippen LogP contribution in [0.25, 0.3) is 0 Å². The van der Waals surface area contributed by atoms with Crippen LogP contribution in [0.3, 0.4) is 0 Å². The van der Waals surface area contributed by atoms with Crippen molar-refractivity contribution < 1.29 is 22.7 Å². The molecule has 21 heavy (non-hydrogen) atoms. The second-order valence-electron chi connectivity index (χ2n) is 4.02. The molecule has 112 valence electrons. The zero-order chi connectivity index (χ0) is 15.3. The van der Waals surface area contributed by atoms with E-state index in [9.17, 15) is 18.0 Å². The molecule has 2 rings (SSSR count). The Balaban J connectivity index is 2.02. The topological polar surface area (TPSA) is 51.2 Å². The number of amides is 1. The average molecular weight is 316 g/mol. The molecule has 0 bridgehead atoms. The number of aromatic nitrogens is 1. The van der Waals surface area contributed by atoms with Gasteiger partial charge in [0.05, 0.1) is 6.54 Å². The number of carbonyl (C=O) groups excluding carboxylic acids is 1. The summed E-state index contributed by atoms with van der Waals surface area (Å²) in [6.45, 7) is -1.20. The van der Waals surface area contributed by atoms with Gasteiger partial charge in [0.15, 0.2) is 6.61 Å². The molecular formula is C13H11F3N2O2S. The fourth-order valence-electron chi connectivity index (χ4n) is 1.50. The molecule has 0 saturated heterocycles. The van der Waals surface area contributed by atoms with E-state index in [2.05, 4.69) is 15.0 Å². The third kappa shape index (κ3) is 4.75. The van der Waals surface area contributed by atoms with Crippen LogP contribution in [0.15, 0.2) is 35.8 Å². The third-order valence-electron chi connectivity index (χ3n) is 2.39. The van der Waals surface area contributed by atoms with Gasteiger partial charge in [0.2, 0.25) is 5.88 Å². The minimum Gasteiger partial charge on any atom is -0.467 e. The summed E-state index contributed by atoms with van der Waals surface area (Å²) < 4.78 is 41.0. The highest BCUT2D eigenvalue weighted by Gasteiger charge is 2.29. The van der Waals surface area contributed by atoms with Crippen molar-refractivity contribution in [3.8, 4) is 5.88 Å². The van der Waals surface area contributed by atoms with Gasteiger partial charge in [-0.1, -0.05) is 6.07 Å². The summed E-state index contributed by atoms with van der Waals surface area (Å²) in [5, 5.41) is 4.47. The van der Waals surface area contributed by atoms with E-state index < -0.39 is 18.7 Å². The van der Waals surface area contributed by atoms with Crippen LogP contribution in [0.5, 0.6) is 5.88 Å². The van der Waals surface area contributed by atoms with Crippen molar-refractivity contribution in [3.63, 3.8) is 0 Å². The summed E-state index contributed by atoms with van der Waals surface area (Å²) in [5.74, 6) is -0.868. The van der Waals surface area contributed by atoms with Crippen LogP contribution in [-0.4, -0.2) is 23.7 Å². The Hall–Kier alpha value is -2.09. The van der Waals surface area contributed by atoms with Gasteiger partial charge in [-0.3, -0.25) is 4.79 Å². The van der Waals surface area contributed by atoms with Crippen molar-refractivity contribution in [2.45, 2.75) is 12.7 Å². The summed E-state index contributed by atoms with van der Waals surface area (Å²) in [4.78, 5) is 16.6. The lowest BCUT2D eigenvalue weighted by Crippen LogP contribution is -2.25. The van der Waals surface area contributed by atoms with Gasteiger partial charge >= 0.3 is 6.18 Å². The number of nitrogens with one attached hydrogen (secondary N) is 1. The maximum atomic E-state index is 12.2. The van der Waals surface area contributed by atoms with E-state index in [0.29, 0.717) is 6.54 Å². The zero-order valence-electron chi connectivity index (χ0n) is 10.7. The maximum absolute atomic E-state index is 12.2. The van der Waals surface area contributed by atoms with E-state index in [1.54, 1.807) is 0 Å². The molecule has 4 nitrogen and oxygen atoms in total. The first-order valence-electron chi connectivity index (χ1n) is 5.91. The number of hydrogen-bond acceptors (Lipinski definition) is 4. The molecule has 0 aliphatic carbocycles. The quantitative estimate of drug-likeness (QED) is 0.922. The van der Waals surface area contributed by atoms with Gasteiger partial charge in [-0.2, -0.15) is 13.2 Å². The van der Waals surface area contributed by atoms with Gasteiger partial charge < -0.3 is 10.1 Å².